The monoisotopic (exact) mass is 402 g/mol. The van der Waals surface area contributed by atoms with E-state index in [1.807, 2.05) is 45.0 Å². The molecule has 0 saturated heterocycles. The van der Waals surface area contributed by atoms with Crippen LogP contribution in [0.5, 0.6) is 0 Å². The number of halogens is 1. The van der Waals surface area contributed by atoms with Gasteiger partial charge in [-0.15, -0.1) is 0 Å². The van der Waals surface area contributed by atoms with Crippen LogP contribution >= 0.6 is 15.9 Å². The van der Waals surface area contributed by atoms with Crippen molar-refractivity contribution in [2.45, 2.75) is 27.3 Å². The molecule has 0 bridgehead atoms. The van der Waals surface area contributed by atoms with Gasteiger partial charge >= 0.3 is 0 Å². The Bertz CT molecular complexity index is 781. The van der Waals surface area contributed by atoms with Crippen LogP contribution in [-0.2, 0) is 11.3 Å². The average molecular weight is 403 g/mol. The average Bonchev–Trinajstić information content (AvgIpc) is 2.55. The van der Waals surface area contributed by atoms with Crippen LogP contribution < -0.4 is 5.32 Å². The molecule has 2 aromatic carbocycles. The highest BCUT2D eigenvalue weighted by Gasteiger charge is 2.21. The third kappa shape index (κ3) is 5.16. The lowest BCUT2D eigenvalue weighted by Crippen LogP contribution is -2.28. The van der Waals surface area contributed by atoms with E-state index < -0.39 is 5.41 Å². The van der Waals surface area contributed by atoms with Gasteiger partial charge in [0.15, 0.2) is 0 Å². The van der Waals surface area contributed by atoms with Gasteiger partial charge in [-0.3, -0.25) is 9.59 Å². The Balaban J connectivity index is 2.13. The quantitative estimate of drug-likeness (QED) is 0.804. The lowest BCUT2D eigenvalue weighted by Gasteiger charge is -2.20. The van der Waals surface area contributed by atoms with Crippen molar-refractivity contribution in [2.75, 3.05) is 12.4 Å². The fraction of sp³-hybridized carbons (Fsp3) is 0.300. The number of amides is 2. The lowest BCUT2D eigenvalue weighted by atomic mass is 9.95. The van der Waals surface area contributed by atoms with E-state index >= 15 is 0 Å². The largest absolute Gasteiger partial charge is 0.337 e. The molecule has 0 fully saturated rings. The molecular formula is C20H23BrN2O2. The minimum Gasteiger partial charge on any atom is -0.337 e. The Morgan fingerprint density at radius 2 is 1.76 bits per heavy atom. The first-order chi connectivity index (χ1) is 11.7. The molecule has 0 aliphatic rings. The Morgan fingerprint density at radius 3 is 2.40 bits per heavy atom. The summed E-state index contributed by atoms with van der Waals surface area (Å²) >= 11 is 3.50. The molecule has 0 aromatic heterocycles. The van der Waals surface area contributed by atoms with Crippen molar-refractivity contribution in [2.24, 2.45) is 5.41 Å². The third-order valence-electron chi connectivity index (χ3n) is 3.76. The van der Waals surface area contributed by atoms with Gasteiger partial charge in [-0.2, -0.15) is 0 Å². The van der Waals surface area contributed by atoms with Crippen LogP contribution in [-0.4, -0.2) is 23.8 Å². The SMILES string of the molecule is CN(Cc1ccccc1Br)C(=O)c1cccc(NC(=O)C(C)(C)C)c1. The maximum Gasteiger partial charge on any atom is 0.253 e. The topological polar surface area (TPSA) is 49.4 Å². The van der Waals surface area contributed by atoms with Crippen molar-refractivity contribution in [1.82, 2.24) is 4.90 Å². The van der Waals surface area contributed by atoms with E-state index in [2.05, 4.69) is 21.2 Å². The maximum absolute atomic E-state index is 12.7. The van der Waals surface area contributed by atoms with Crippen molar-refractivity contribution in [1.29, 1.82) is 0 Å². The molecule has 4 nitrogen and oxygen atoms in total. The lowest BCUT2D eigenvalue weighted by molar-refractivity contribution is -0.123. The predicted molar refractivity (Wildman–Crippen MR) is 104 cm³/mol. The standard InChI is InChI=1S/C20H23BrN2O2/c1-20(2,3)19(25)22-16-10-7-9-14(12-16)18(24)23(4)13-15-8-5-6-11-17(15)21/h5-12H,13H2,1-4H3,(H,22,25). The minimum absolute atomic E-state index is 0.0846. The first kappa shape index (κ1) is 19.2. The van der Waals surface area contributed by atoms with E-state index in [-0.39, 0.29) is 11.8 Å². The normalized spacial score (nSPS) is 11.1. The summed E-state index contributed by atoms with van der Waals surface area (Å²) in [5.41, 5.74) is 1.72. The van der Waals surface area contributed by atoms with Crippen LogP contribution in [0.2, 0.25) is 0 Å². The molecule has 0 saturated carbocycles. The Hall–Kier alpha value is -2.14. The second-order valence-electron chi connectivity index (χ2n) is 7.04. The number of anilines is 1. The molecule has 0 heterocycles. The summed E-state index contributed by atoms with van der Waals surface area (Å²) in [5, 5.41) is 2.86. The van der Waals surface area contributed by atoms with Crippen molar-refractivity contribution in [3.63, 3.8) is 0 Å². The number of nitrogens with one attached hydrogen (secondary N) is 1. The summed E-state index contributed by atoms with van der Waals surface area (Å²) in [6.07, 6.45) is 0. The van der Waals surface area contributed by atoms with E-state index in [9.17, 15) is 9.59 Å². The van der Waals surface area contributed by atoms with Gasteiger partial charge in [-0.1, -0.05) is 61.0 Å². The summed E-state index contributed by atoms with van der Waals surface area (Å²) in [4.78, 5) is 26.5. The molecule has 0 aliphatic carbocycles. The highest BCUT2D eigenvalue weighted by atomic mass is 79.9. The maximum atomic E-state index is 12.7. The number of hydrogen-bond acceptors (Lipinski definition) is 2. The summed E-state index contributed by atoms with van der Waals surface area (Å²) in [6.45, 7) is 6.05. The van der Waals surface area contributed by atoms with Crippen LogP contribution in [0, 0.1) is 5.41 Å². The van der Waals surface area contributed by atoms with Gasteiger partial charge in [0, 0.05) is 34.7 Å². The van der Waals surface area contributed by atoms with Crippen LogP contribution in [0.25, 0.3) is 0 Å². The number of benzene rings is 2. The molecule has 25 heavy (non-hydrogen) atoms. The highest BCUT2D eigenvalue weighted by molar-refractivity contribution is 9.10. The molecule has 0 atom stereocenters. The molecular weight excluding hydrogens is 380 g/mol. The molecule has 0 radical (unpaired) electrons. The van der Waals surface area contributed by atoms with Gasteiger partial charge in [0.25, 0.3) is 5.91 Å². The van der Waals surface area contributed by atoms with E-state index in [0.717, 1.165) is 10.0 Å². The van der Waals surface area contributed by atoms with Gasteiger partial charge in [-0.05, 0) is 29.8 Å². The zero-order valence-corrected chi connectivity index (χ0v) is 16.6. The summed E-state index contributed by atoms with van der Waals surface area (Å²) in [5.74, 6) is -0.179. The molecule has 0 aliphatic heterocycles. The van der Waals surface area contributed by atoms with Gasteiger partial charge in [0.2, 0.25) is 5.91 Å². The molecule has 132 valence electrons. The van der Waals surface area contributed by atoms with Crippen molar-refractivity contribution in [3.8, 4) is 0 Å². The first-order valence-electron chi connectivity index (χ1n) is 8.09. The van der Waals surface area contributed by atoms with Crippen molar-refractivity contribution in [3.05, 3.63) is 64.1 Å². The third-order valence-corrected chi connectivity index (χ3v) is 4.53. The van der Waals surface area contributed by atoms with Gasteiger partial charge in [0.05, 0.1) is 0 Å². The summed E-state index contributed by atoms with van der Waals surface area (Å²) in [6, 6.07) is 14.8. The fourth-order valence-corrected chi connectivity index (χ4v) is 2.63. The fourth-order valence-electron chi connectivity index (χ4n) is 2.22. The molecule has 2 amide bonds. The second kappa shape index (κ2) is 7.83. The Kier molecular flexibility index (Phi) is 6.01. The smallest absolute Gasteiger partial charge is 0.253 e. The zero-order valence-electron chi connectivity index (χ0n) is 15.0. The summed E-state index contributed by atoms with van der Waals surface area (Å²) < 4.78 is 0.973. The molecule has 1 N–H and O–H groups in total. The number of carbonyl (C=O) groups is 2. The minimum atomic E-state index is -0.490. The van der Waals surface area contributed by atoms with Crippen molar-refractivity contribution < 1.29 is 9.59 Å². The van der Waals surface area contributed by atoms with Crippen LogP contribution in [0.3, 0.4) is 0 Å². The van der Waals surface area contributed by atoms with Crippen LogP contribution in [0.15, 0.2) is 53.0 Å². The van der Waals surface area contributed by atoms with Gasteiger partial charge < -0.3 is 10.2 Å². The number of hydrogen-bond donors (Lipinski definition) is 1. The van der Waals surface area contributed by atoms with Gasteiger partial charge in [-0.25, -0.2) is 0 Å². The molecule has 0 unspecified atom stereocenters. The number of nitrogens with zero attached hydrogens (tertiary/aromatic N) is 1. The molecule has 2 rings (SSSR count). The zero-order chi connectivity index (χ0) is 18.6. The van der Waals surface area contributed by atoms with E-state index in [4.69, 9.17) is 0 Å². The van der Waals surface area contributed by atoms with E-state index in [1.54, 1.807) is 36.2 Å². The van der Waals surface area contributed by atoms with Crippen LogP contribution in [0.1, 0.15) is 36.7 Å². The Labute approximate surface area is 157 Å². The second-order valence-corrected chi connectivity index (χ2v) is 7.89. The predicted octanol–water partition coefficient (Wildman–Crippen LogP) is 4.71. The summed E-state index contributed by atoms with van der Waals surface area (Å²) in [7, 11) is 1.77. The highest BCUT2D eigenvalue weighted by Crippen LogP contribution is 2.20. The van der Waals surface area contributed by atoms with Crippen LogP contribution in [0.4, 0.5) is 5.69 Å². The molecule has 0 spiro atoms. The van der Waals surface area contributed by atoms with Crippen molar-refractivity contribution >= 4 is 33.4 Å². The molecule has 2 aromatic rings. The van der Waals surface area contributed by atoms with Gasteiger partial charge in [0.1, 0.15) is 0 Å². The first-order valence-corrected chi connectivity index (χ1v) is 8.88. The van der Waals surface area contributed by atoms with E-state index in [1.165, 1.54) is 0 Å². The Morgan fingerprint density at radius 1 is 1.08 bits per heavy atom. The number of rotatable bonds is 4. The number of carbonyl (C=O) groups excluding carboxylic acids is 2. The molecule has 5 heteroatoms. The van der Waals surface area contributed by atoms with E-state index in [0.29, 0.717) is 17.8 Å².